The Morgan fingerprint density at radius 2 is 1.73 bits per heavy atom. The maximum atomic E-state index is 13.1. The van der Waals surface area contributed by atoms with E-state index in [9.17, 15) is 9.59 Å². The summed E-state index contributed by atoms with van der Waals surface area (Å²) in [4.78, 5) is 27.9. The molecular weight excluding hydrogens is 506 g/mol. The summed E-state index contributed by atoms with van der Waals surface area (Å²) < 4.78 is 11.5. The highest BCUT2D eigenvalue weighted by Crippen LogP contribution is 2.36. The van der Waals surface area contributed by atoms with Gasteiger partial charge < -0.3 is 24.7 Å². The lowest BCUT2D eigenvalue weighted by Gasteiger charge is -2.40. The van der Waals surface area contributed by atoms with Gasteiger partial charge in [-0.15, -0.1) is 0 Å². The van der Waals surface area contributed by atoms with Crippen LogP contribution in [0.25, 0.3) is 0 Å². The van der Waals surface area contributed by atoms with Crippen molar-refractivity contribution in [2.75, 3.05) is 32.1 Å². The van der Waals surface area contributed by atoms with Crippen molar-refractivity contribution in [3.8, 4) is 5.75 Å². The van der Waals surface area contributed by atoms with Gasteiger partial charge in [0.15, 0.2) is 8.32 Å². The fourth-order valence-electron chi connectivity index (χ4n) is 4.21. The van der Waals surface area contributed by atoms with Crippen LogP contribution in [0.1, 0.15) is 45.1 Å². The van der Waals surface area contributed by atoms with Crippen molar-refractivity contribution >= 4 is 37.5 Å². The Kier molecular flexibility index (Phi) is 9.66. The number of urea groups is 1. The van der Waals surface area contributed by atoms with Crippen LogP contribution in [0.4, 0.5) is 10.5 Å². The van der Waals surface area contributed by atoms with Crippen LogP contribution in [0.3, 0.4) is 0 Å². The number of benzene rings is 2. The van der Waals surface area contributed by atoms with Gasteiger partial charge in [-0.3, -0.25) is 4.79 Å². The average molecular weight is 546 g/mol. The molecule has 0 aliphatic carbocycles. The molecule has 2 aromatic carbocycles. The number of carbonyl (C=O) groups excluding carboxylic acids is 2. The van der Waals surface area contributed by atoms with Crippen LogP contribution >= 0.6 is 11.6 Å². The van der Waals surface area contributed by atoms with E-state index in [1.807, 2.05) is 29.2 Å². The Morgan fingerprint density at radius 1 is 1.08 bits per heavy atom. The Hall–Kier alpha value is -2.55. The molecule has 2 aromatic rings. The number of halogens is 1. The number of rotatable bonds is 8. The minimum Gasteiger partial charge on any atom is -0.497 e. The average Bonchev–Trinajstić information content (AvgIpc) is 2.84. The Labute approximate surface area is 227 Å². The van der Waals surface area contributed by atoms with Crippen LogP contribution in [-0.2, 0) is 9.22 Å². The molecule has 0 bridgehead atoms. The minimum atomic E-state index is -1.91. The molecule has 3 amide bonds. The van der Waals surface area contributed by atoms with Gasteiger partial charge in [-0.05, 0) is 66.5 Å². The number of nitrogens with zero attached hydrogens (tertiary/aromatic N) is 1. The molecule has 0 unspecified atom stereocenters. The lowest BCUT2D eigenvalue weighted by molar-refractivity contribution is -0.133. The highest BCUT2D eigenvalue weighted by Gasteiger charge is 2.38. The molecule has 3 rings (SSSR count). The molecule has 0 radical (unpaired) electrons. The third-order valence-corrected chi connectivity index (χ3v) is 12.3. The van der Waals surface area contributed by atoms with Gasteiger partial charge in [0.1, 0.15) is 5.75 Å². The summed E-state index contributed by atoms with van der Waals surface area (Å²) >= 11 is 5.96. The number of hydrogen-bond donors (Lipinski definition) is 2. The highest BCUT2D eigenvalue weighted by molar-refractivity contribution is 6.74. The first kappa shape index (κ1) is 29.0. The standard InChI is InChI=1S/C28H40ClN3O4Si/c1-28(2,3)37(5,6)36-18-16-26(33)32-17-15-24(20-7-13-23(35-4)14-8-20)25(19-32)31-27(34)30-22-11-9-21(29)10-12-22/h7-14,24-25H,15-19H2,1-6H3,(H2,30,31,34)/t24-,25+/m0/s1. The van der Waals surface area contributed by atoms with Crippen LogP contribution in [-0.4, -0.2) is 58.0 Å². The van der Waals surface area contributed by atoms with Crippen LogP contribution in [0.2, 0.25) is 23.2 Å². The maximum Gasteiger partial charge on any atom is 0.319 e. The van der Waals surface area contributed by atoms with Gasteiger partial charge in [0.05, 0.1) is 13.2 Å². The molecule has 0 spiro atoms. The smallest absolute Gasteiger partial charge is 0.319 e. The summed E-state index contributed by atoms with van der Waals surface area (Å²) in [5, 5.41) is 6.68. The highest BCUT2D eigenvalue weighted by atomic mass is 35.5. The molecule has 2 atom stereocenters. The molecular formula is C28H40ClN3O4Si. The van der Waals surface area contributed by atoms with Crippen molar-refractivity contribution in [1.29, 1.82) is 0 Å². The van der Waals surface area contributed by atoms with Gasteiger partial charge in [0, 0.05) is 42.7 Å². The molecule has 7 nitrogen and oxygen atoms in total. The van der Waals surface area contributed by atoms with E-state index in [-0.39, 0.29) is 28.9 Å². The molecule has 1 aliphatic heterocycles. The Bertz CT molecular complexity index is 1050. The summed E-state index contributed by atoms with van der Waals surface area (Å²) in [6.07, 6.45) is 1.08. The molecule has 1 heterocycles. The van der Waals surface area contributed by atoms with Gasteiger partial charge in [0.2, 0.25) is 5.91 Å². The summed E-state index contributed by atoms with van der Waals surface area (Å²) in [5.41, 5.74) is 1.75. The molecule has 9 heteroatoms. The lowest BCUT2D eigenvalue weighted by Crippen LogP contribution is -2.54. The van der Waals surface area contributed by atoms with E-state index in [4.69, 9.17) is 20.8 Å². The molecule has 1 aliphatic rings. The molecule has 2 N–H and O–H groups in total. The van der Waals surface area contributed by atoms with Crippen molar-refractivity contribution < 1.29 is 18.8 Å². The molecule has 37 heavy (non-hydrogen) atoms. The summed E-state index contributed by atoms with van der Waals surface area (Å²) in [5.74, 6) is 0.897. The second-order valence-corrected chi connectivity index (χ2v) is 16.3. The van der Waals surface area contributed by atoms with Crippen LogP contribution in [0.5, 0.6) is 5.75 Å². The van der Waals surface area contributed by atoms with Gasteiger partial charge >= 0.3 is 6.03 Å². The lowest BCUT2D eigenvalue weighted by atomic mass is 9.85. The molecule has 1 saturated heterocycles. The summed E-state index contributed by atoms with van der Waals surface area (Å²) in [7, 11) is -0.277. The summed E-state index contributed by atoms with van der Waals surface area (Å²) in [6, 6.07) is 14.3. The van der Waals surface area contributed by atoms with E-state index in [2.05, 4.69) is 44.5 Å². The first-order valence-electron chi connectivity index (χ1n) is 12.8. The largest absolute Gasteiger partial charge is 0.497 e. The molecule has 1 fully saturated rings. The summed E-state index contributed by atoms with van der Waals surface area (Å²) in [6.45, 7) is 12.4. The number of hydrogen-bond acceptors (Lipinski definition) is 4. The second-order valence-electron chi connectivity index (χ2n) is 11.1. The van der Waals surface area contributed by atoms with Gasteiger partial charge in [0.25, 0.3) is 0 Å². The van der Waals surface area contributed by atoms with Crippen LogP contribution in [0, 0.1) is 0 Å². The zero-order valence-corrected chi connectivity index (χ0v) is 24.5. The number of ether oxygens (including phenoxy) is 1. The van der Waals surface area contributed by atoms with Gasteiger partial charge in [-0.1, -0.05) is 44.5 Å². The van der Waals surface area contributed by atoms with Crippen molar-refractivity contribution in [3.63, 3.8) is 0 Å². The van der Waals surface area contributed by atoms with Crippen molar-refractivity contribution in [2.24, 2.45) is 0 Å². The second kappa shape index (κ2) is 12.3. The van der Waals surface area contributed by atoms with Gasteiger partial charge in [-0.25, -0.2) is 4.79 Å². The fraction of sp³-hybridized carbons (Fsp3) is 0.500. The van der Waals surface area contributed by atoms with E-state index >= 15 is 0 Å². The van der Waals surface area contributed by atoms with Crippen molar-refractivity contribution in [3.05, 3.63) is 59.1 Å². The minimum absolute atomic E-state index is 0.0526. The monoisotopic (exact) mass is 545 g/mol. The van der Waals surface area contributed by atoms with Crippen LogP contribution < -0.4 is 15.4 Å². The van der Waals surface area contributed by atoms with Crippen molar-refractivity contribution in [1.82, 2.24) is 10.2 Å². The van der Waals surface area contributed by atoms with E-state index in [1.165, 1.54) is 0 Å². The predicted octanol–water partition coefficient (Wildman–Crippen LogP) is 6.27. The van der Waals surface area contributed by atoms with Crippen LogP contribution in [0.15, 0.2) is 48.5 Å². The maximum absolute atomic E-state index is 13.1. The number of methoxy groups -OCH3 is 1. The molecule has 0 saturated carbocycles. The Balaban J connectivity index is 1.68. The van der Waals surface area contributed by atoms with E-state index < -0.39 is 8.32 Å². The number of nitrogens with one attached hydrogen (secondary N) is 2. The Morgan fingerprint density at radius 3 is 2.32 bits per heavy atom. The number of carbonyl (C=O) groups is 2. The number of amides is 3. The number of likely N-dealkylation sites (tertiary alicyclic amines) is 1. The SMILES string of the molecule is COc1ccc([C@@H]2CCN(C(=O)CCO[Si](C)(C)C(C)(C)C)C[C@H]2NC(=O)Nc2ccc(Cl)cc2)cc1. The van der Waals surface area contributed by atoms with Crippen molar-refractivity contribution in [2.45, 2.75) is 63.7 Å². The van der Waals surface area contributed by atoms with E-state index in [1.54, 1.807) is 31.4 Å². The predicted molar refractivity (Wildman–Crippen MR) is 152 cm³/mol. The number of anilines is 1. The third kappa shape index (κ3) is 7.96. The number of piperidine rings is 1. The molecule has 0 aromatic heterocycles. The first-order valence-corrected chi connectivity index (χ1v) is 16.1. The normalized spacial score (nSPS) is 18.3. The topological polar surface area (TPSA) is 79.9 Å². The third-order valence-electron chi connectivity index (χ3n) is 7.51. The first-order chi connectivity index (χ1) is 17.4. The molecule has 202 valence electrons. The van der Waals surface area contributed by atoms with Gasteiger partial charge in [-0.2, -0.15) is 0 Å². The zero-order valence-electron chi connectivity index (χ0n) is 22.8. The fourth-order valence-corrected chi connectivity index (χ4v) is 5.38. The van der Waals surface area contributed by atoms with E-state index in [0.29, 0.717) is 36.8 Å². The van der Waals surface area contributed by atoms with E-state index in [0.717, 1.165) is 17.7 Å². The quantitative estimate of drug-likeness (QED) is 0.383. The zero-order chi connectivity index (χ0) is 27.2.